The summed E-state index contributed by atoms with van der Waals surface area (Å²) in [6.07, 6.45) is 0.647. The lowest BCUT2D eigenvalue weighted by atomic mass is 9.95. The highest BCUT2D eigenvalue weighted by atomic mass is 32.2. The van der Waals surface area contributed by atoms with Gasteiger partial charge >= 0.3 is 5.97 Å². The summed E-state index contributed by atoms with van der Waals surface area (Å²) in [5.41, 5.74) is -1.06. The minimum absolute atomic E-state index is 0.0717. The summed E-state index contributed by atoms with van der Waals surface area (Å²) >= 11 is 0. The van der Waals surface area contributed by atoms with Gasteiger partial charge in [0, 0.05) is 19.0 Å². The Bertz CT molecular complexity index is 756. The fourth-order valence-corrected chi connectivity index (χ4v) is 4.55. The molecule has 0 saturated carbocycles. The normalized spacial score (nSPS) is 17.4. The van der Waals surface area contributed by atoms with Gasteiger partial charge in [-0.05, 0) is 40.5 Å². The highest BCUT2D eigenvalue weighted by Crippen LogP contribution is 2.27. The van der Waals surface area contributed by atoms with E-state index >= 15 is 0 Å². The molecule has 2 rings (SSSR count). The molecule has 0 bridgehead atoms. The first kappa shape index (κ1) is 19.4. The number of rotatable bonds is 5. The monoisotopic (exact) mass is 373 g/mol. The van der Waals surface area contributed by atoms with Crippen molar-refractivity contribution >= 4 is 21.9 Å². The van der Waals surface area contributed by atoms with Crippen molar-refractivity contribution in [3.63, 3.8) is 0 Å². The first-order valence-corrected chi connectivity index (χ1v) is 9.39. The third-order valence-electron chi connectivity index (χ3n) is 4.36. The van der Waals surface area contributed by atoms with Gasteiger partial charge in [0.2, 0.25) is 15.9 Å². The molecule has 0 radical (unpaired) electrons. The van der Waals surface area contributed by atoms with Gasteiger partial charge in [0.15, 0.2) is 5.76 Å². The lowest BCUT2D eigenvalue weighted by molar-refractivity contribution is -0.146. The molecule has 1 saturated heterocycles. The number of piperidine rings is 1. The average molecular weight is 373 g/mol. The van der Waals surface area contributed by atoms with E-state index in [0.717, 1.165) is 0 Å². The summed E-state index contributed by atoms with van der Waals surface area (Å²) < 4.78 is 31.7. The van der Waals surface area contributed by atoms with Crippen LogP contribution in [0.1, 0.15) is 38.1 Å². The molecule has 140 valence electrons. The van der Waals surface area contributed by atoms with Crippen LogP contribution in [-0.4, -0.2) is 53.5 Å². The van der Waals surface area contributed by atoms with Crippen LogP contribution in [0.3, 0.4) is 0 Å². The van der Waals surface area contributed by atoms with Gasteiger partial charge in [0.05, 0.1) is 0 Å². The van der Waals surface area contributed by atoms with Crippen molar-refractivity contribution in [2.75, 3.05) is 13.1 Å². The van der Waals surface area contributed by atoms with E-state index in [-0.39, 0.29) is 29.7 Å². The van der Waals surface area contributed by atoms with Gasteiger partial charge in [-0.2, -0.15) is 4.31 Å². The predicted molar refractivity (Wildman–Crippen MR) is 87.3 cm³/mol. The van der Waals surface area contributed by atoms with Crippen LogP contribution in [0.5, 0.6) is 0 Å². The van der Waals surface area contributed by atoms with Crippen LogP contribution in [0.2, 0.25) is 0 Å². The Morgan fingerprint density at radius 3 is 2.28 bits per heavy atom. The zero-order valence-electron chi connectivity index (χ0n) is 14.7. The summed E-state index contributed by atoms with van der Waals surface area (Å²) in [5, 5.41) is 15.2. The number of aliphatic carboxylic acids is 1. The molecule has 2 heterocycles. The summed E-state index contributed by atoms with van der Waals surface area (Å²) in [6.45, 7) is 6.28. The summed E-state index contributed by atoms with van der Waals surface area (Å²) in [7, 11) is -3.73. The smallest absolute Gasteiger partial charge is 0.328 e. The van der Waals surface area contributed by atoms with Crippen molar-refractivity contribution in [1.82, 2.24) is 14.8 Å². The Balaban J connectivity index is 2.05. The summed E-state index contributed by atoms with van der Waals surface area (Å²) in [6, 6.07) is 0. The number of hydrogen-bond acceptors (Lipinski definition) is 6. The first-order chi connectivity index (χ1) is 11.5. The van der Waals surface area contributed by atoms with Gasteiger partial charge in [0.25, 0.3) is 0 Å². The van der Waals surface area contributed by atoms with E-state index in [1.165, 1.54) is 18.2 Å². The number of carboxylic acids is 1. The zero-order chi connectivity index (χ0) is 19.0. The number of aromatic nitrogens is 1. The van der Waals surface area contributed by atoms with E-state index in [1.54, 1.807) is 13.8 Å². The fraction of sp³-hybridized carbons (Fsp3) is 0.667. The SMILES string of the molecule is Cc1noc(C)c1S(=O)(=O)N1CCC(C(=O)NC(C)(C)C(=O)O)CC1. The van der Waals surface area contributed by atoms with Crippen molar-refractivity contribution in [3.8, 4) is 0 Å². The van der Waals surface area contributed by atoms with Crippen molar-refractivity contribution in [2.24, 2.45) is 5.92 Å². The number of aryl methyl sites for hydroxylation is 2. The topological polar surface area (TPSA) is 130 Å². The van der Waals surface area contributed by atoms with Crippen LogP contribution < -0.4 is 5.32 Å². The lowest BCUT2D eigenvalue weighted by Gasteiger charge is -2.32. The van der Waals surface area contributed by atoms with E-state index in [9.17, 15) is 18.0 Å². The van der Waals surface area contributed by atoms with Gasteiger partial charge in [-0.3, -0.25) is 4.79 Å². The molecule has 0 aliphatic carbocycles. The Morgan fingerprint density at radius 1 is 1.28 bits per heavy atom. The maximum absolute atomic E-state index is 12.7. The Hall–Kier alpha value is -1.94. The maximum atomic E-state index is 12.7. The zero-order valence-corrected chi connectivity index (χ0v) is 15.5. The minimum Gasteiger partial charge on any atom is -0.480 e. The number of carbonyl (C=O) groups excluding carboxylic acids is 1. The fourth-order valence-electron chi connectivity index (χ4n) is 2.79. The van der Waals surface area contributed by atoms with Crippen LogP contribution >= 0.6 is 0 Å². The quantitative estimate of drug-likeness (QED) is 0.776. The molecule has 1 aromatic heterocycles. The Labute approximate surface area is 146 Å². The van der Waals surface area contributed by atoms with Crippen molar-refractivity contribution in [3.05, 3.63) is 11.5 Å². The molecule has 2 N–H and O–H groups in total. The van der Waals surface area contributed by atoms with Crippen molar-refractivity contribution in [2.45, 2.75) is 51.0 Å². The van der Waals surface area contributed by atoms with Crippen molar-refractivity contribution in [1.29, 1.82) is 0 Å². The molecular formula is C15H23N3O6S. The van der Waals surface area contributed by atoms with Gasteiger partial charge in [0.1, 0.15) is 16.1 Å². The largest absolute Gasteiger partial charge is 0.480 e. The molecule has 1 aromatic rings. The molecule has 10 heteroatoms. The molecule has 9 nitrogen and oxygen atoms in total. The van der Waals surface area contributed by atoms with Crippen LogP contribution in [0.4, 0.5) is 0 Å². The molecule has 1 fully saturated rings. The number of nitrogens with one attached hydrogen (secondary N) is 1. The molecule has 1 aliphatic rings. The molecule has 1 aliphatic heterocycles. The lowest BCUT2D eigenvalue weighted by Crippen LogP contribution is -2.53. The second-order valence-corrected chi connectivity index (χ2v) is 8.63. The van der Waals surface area contributed by atoms with E-state index in [2.05, 4.69) is 10.5 Å². The van der Waals surface area contributed by atoms with E-state index in [0.29, 0.717) is 18.5 Å². The van der Waals surface area contributed by atoms with Crippen LogP contribution in [0, 0.1) is 19.8 Å². The predicted octanol–water partition coefficient (Wildman–Crippen LogP) is 0.672. The van der Waals surface area contributed by atoms with E-state index in [4.69, 9.17) is 9.63 Å². The molecule has 0 unspecified atom stereocenters. The average Bonchev–Trinajstić information content (AvgIpc) is 2.86. The van der Waals surface area contributed by atoms with Gasteiger partial charge in [-0.1, -0.05) is 5.16 Å². The van der Waals surface area contributed by atoms with Gasteiger partial charge in [-0.25, -0.2) is 13.2 Å². The van der Waals surface area contributed by atoms with E-state index < -0.39 is 27.4 Å². The van der Waals surface area contributed by atoms with Crippen LogP contribution in [0.25, 0.3) is 0 Å². The number of sulfonamides is 1. The second-order valence-electron chi connectivity index (χ2n) is 6.75. The molecule has 0 atom stereocenters. The Morgan fingerprint density at radius 2 is 1.84 bits per heavy atom. The standard InChI is InChI=1S/C15H23N3O6S/c1-9-12(10(2)24-17-9)25(22,23)18-7-5-11(6-8-18)13(19)16-15(3,4)14(20)21/h11H,5-8H2,1-4H3,(H,16,19)(H,20,21). The number of carbonyl (C=O) groups is 2. The third-order valence-corrected chi connectivity index (χ3v) is 6.50. The van der Waals surface area contributed by atoms with E-state index in [1.807, 2.05) is 0 Å². The third kappa shape index (κ3) is 3.84. The number of amides is 1. The van der Waals surface area contributed by atoms with Crippen LogP contribution in [0.15, 0.2) is 9.42 Å². The molecule has 25 heavy (non-hydrogen) atoms. The first-order valence-electron chi connectivity index (χ1n) is 7.95. The number of hydrogen-bond donors (Lipinski definition) is 2. The number of nitrogens with zero attached hydrogens (tertiary/aromatic N) is 2. The minimum atomic E-state index is -3.73. The molecule has 0 spiro atoms. The van der Waals surface area contributed by atoms with Crippen LogP contribution in [-0.2, 0) is 19.6 Å². The molecule has 0 aromatic carbocycles. The number of carboxylic acid groups (broad SMARTS) is 1. The van der Waals surface area contributed by atoms with Gasteiger partial charge in [-0.15, -0.1) is 0 Å². The Kier molecular flexibility index (Phi) is 5.24. The van der Waals surface area contributed by atoms with Gasteiger partial charge < -0.3 is 14.9 Å². The maximum Gasteiger partial charge on any atom is 0.328 e. The summed E-state index contributed by atoms with van der Waals surface area (Å²) in [5.74, 6) is -1.68. The highest BCUT2D eigenvalue weighted by Gasteiger charge is 2.37. The summed E-state index contributed by atoms with van der Waals surface area (Å²) in [4.78, 5) is 23.4. The molecular weight excluding hydrogens is 350 g/mol. The highest BCUT2D eigenvalue weighted by molar-refractivity contribution is 7.89. The van der Waals surface area contributed by atoms with Crippen molar-refractivity contribution < 1.29 is 27.6 Å². The second kappa shape index (κ2) is 6.75. The molecule has 1 amide bonds.